The largest absolute Gasteiger partial charge is 0.476 e. The van der Waals surface area contributed by atoms with Crippen molar-refractivity contribution in [1.29, 1.82) is 0 Å². The number of amides is 1. The fourth-order valence-electron chi connectivity index (χ4n) is 3.03. The highest BCUT2D eigenvalue weighted by atomic mass is 16.5. The van der Waals surface area contributed by atoms with E-state index in [1.165, 1.54) is 0 Å². The highest BCUT2D eigenvalue weighted by molar-refractivity contribution is 5.92. The lowest BCUT2D eigenvalue weighted by molar-refractivity contribution is 0.0653. The average Bonchev–Trinajstić information content (AvgIpc) is 3.15. The van der Waals surface area contributed by atoms with E-state index in [-0.39, 0.29) is 5.91 Å². The molecule has 0 N–H and O–H groups in total. The maximum Gasteiger partial charge on any atom is 0.272 e. The van der Waals surface area contributed by atoms with E-state index in [1.807, 2.05) is 29.2 Å². The summed E-state index contributed by atoms with van der Waals surface area (Å²) in [6.45, 7) is 2.08. The van der Waals surface area contributed by atoms with Crippen LogP contribution in [-0.2, 0) is 0 Å². The van der Waals surface area contributed by atoms with Crippen LogP contribution in [0.5, 0.6) is 5.88 Å². The molecular weight excluding hydrogens is 318 g/mol. The van der Waals surface area contributed by atoms with Crippen molar-refractivity contribution < 1.29 is 9.53 Å². The number of carbonyl (C=O) groups is 1. The quantitative estimate of drug-likeness (QED) is 0.728. The topological polar surface area (TPSA) is 72.6 Å². The molecule has 7 nitrogen and oxygen atoms in total. The highest BCUT2D eigenvalue weighted by Crippen LogP contribution is 2.20. The molecule has 1 saturated heterocycles. The third kappa shape index (κ3) is 3.45. The van der Waals surface area contributed by atoms with Crippen molar-refractivity contribution >= 4 is 11.6 Å². The molecule has 25 heavy (non-hydrogen) atoms. The average molecular weight is 337 g/mol. The smallest absolute Gasteiger partial charge is 0.272 e. The Kier molecular flexibility index (Phi) is 4.28. The molecular formula is C18H19N5O2. The Labute approximate surface area is 145 Å². The number of hydrogen-bond donors (Lipinski definition) is 0. The Bertz CT molecular complexity index is 856. The zero-order chi connectivity index (χ0) is 17.1. The van der Waals surface area contributed by atoms with Gasteiger partial charge in [-0.2, -0.15) is 0 Å². The number of piperidine rings is 1. The summed E-state index contributed by atoms with van der Waals surface area (Å²) in [4.78, 5) is 22.6. The van der Waals surface area contributed by atoms with E-state index in [2.05, 4.69) is 15.1 Å². The molecule has 0 unspecified atom stereocenters. The summed E-state index contributed by atoms with van der Waals surface area (Å²) >= 11 is 0. The van der Waals surface area contributed by atoms with Crippen molar-refractivity contribution in [3.8, 4) is 5.88 Å². The minimum absolute atomic E-state index is 0.00666. The number of hydrogen-bond acceptors (Lipinski definition) is 5. The number of aromatic nitrogens is 4. The first kappa shape index (κ1) is 15.6. The number of ether oxygens (including phenoxy) is 1. The highest BCUT2D eigenvalue weighted by Gasteiger charge is 2.24. The van der Waals surface area contributed by atoms with E-state index >= 15 is 0 Å². The van der Waals surface area contributed by atoms with Gasteiger partial charge in [-0.1, -0.05) is 6.07 Å². The monoisotopic (exact) mass is 337 g/mol. The number of fused-ring (bicyclic) bond motifs is 1. The first-order valence-electron chi connectivity index (χ1n) is 8.43. The van der Waals surface area contributed by atoms with Crippen molar-refractivity contribution in [3.63, 3.8) is 0 Å². The van der Waals surface area contributed by atoms with Crippen LogP contribution in [0.4, 0.5) is 0 Å². The van der Waals surface area contributed by atoms with E-state index < -0.39 is 0 Å². The molecule has 0 aliphatic carbocycles. The number of likely N-dealkylation sites (tertiary alicyclic amines) is 1. The van der Waals surface area contributed by atoms with Crippen LogP contribution in [0.2, 0.25) is 0 Å². The molecule has 1 amide bonds. The Morgan fingerprint density at radius 1 is 1.12 bits per heavy atom. The van der Waals surface area contributed by atoms with Gasteiger partial charge >= 0.3 is 0 Å². The Morgan fingerprint density at radius 3 is 2.80 bits per heavy atom. The lowest BCUT2D eigenvalue weighted by atomic mass is 9.97. The van der Waals surface area contributed by atoms with Crippen LogP contribution in [0, 0.1) is 5.92 Å². The Balaban J connectivity index is 1.29. The molecule has 128 valence electrons. The number of nitrogens with zero attached hydrogens (tertiary/aromatic N) is 5. The summed E-state index contributed by atoms with van der Waals surface area (Å²) in [5.41, 5.74) is 1.31. The van der Waals surface area contributed by atoms with E-state index in [9.17, 15) is 4.79 Å². The van der Waals surface area contributed by atoms with Gasteiger partial charge in [0.15, 0.2) is 5.65 Å². The number of carbonyl (C=O) groups excluding carboxylic acids is 1. The molecule has 0 bridgehead atoms. The molecule has 4 rings (SSSR count). The zero-order valence-corrected chi connectivity index (χ0v) is 13.8. The summed E-state index contributed by atoms with van der Waals surface area (Å²) in [5.74, 6) is 1.03. The predicted molar refractivity (Wildman–Crippen MR) is 91.3 cm³/mol. The maximum absolute atomic E-state index is 12.4. The number of imidazole rings is 1. The van der Waals surface area contributed by atoms with E-state index in [0.717, 1.165) is 31.6 Å². The van der Waals surface area contributed by atoms with E-state index in [1.54, 1.807) is 29.2 Å². The first-order chi connectivity index (χ1) is 12.3. The molecule has 3 aromatic rings. The van der Waals surface area contributed by atoms with Gasteiger partial charge in [0.05, 0.1) is 6.61 Å². The minimum atomic E-state index is 0.00666. The lowest BCUT2D eigenvalue weighted by Gasteiger charge is -2.31. The van der Waals surface area contributed by atoms with Crippen molar-refractivity contribution in [2.24, 2.45) is 5.92 Å². The molecule has 1 aliphatic heterocycles. The van der Waals surface area contributed by atoms with E-state index in [0.29, 0.717) is 24.1 Å². The molecule has 1 aliphatic rings. The SMILES string of the molecule is O=C(c1ccccn1)N1CCC(COc2ccc3nccn3n2)CC1. The Hall–Kier alpha value is -2.96. The van der Waals surface area contributed by atoms with Crippen molar-refractivity contribution in [2.75, 3.05) is 19.7 Å². The fraction of sp³-hybridized carbons (Fsp3) is 0.333. The van der Waals surface area contributed by atoms with Gasteiger partial charge in [-0.15, -0.1) is 5.10 Å². The van der Waals surface area contributed by atoms with E-state index in [4.69, 9.17) is 4.74 Å². The molecule has 0 atom stereocenters. The molecule has 0 aromatic carbocycles. The number of rotatable bonds is 4. The second-order valence-electron chi connectivity index (χ2n) is 6.16. The van der Waals surface area contributed by atoms with Crippen LogP contribution < -0.4 is 4.74 Å². The van der Waals surface area contributed by atoms with Crippen LogP contribution in [0.15, 0.2) is 48.9 Å². The van der Waals surface area contributed by atoms with Crippen molar-refractivity contribution in [2.45, 2.75) is 12.8 Å². The molecule has 7 heteroatoms. The molecule has 4 heterocycles. The van der Waals surface area contributed by atoms with Gasteiger partial charge in [0.1, 0.15) is 5.69 Å². The third-order valence-electron chi connectivity index (χ3n) is 4.48. The number of pyridine rings is 1. The molecule has 0 radical (unpaired) electrons. The van der Waals surface area contributed by atoms with Crippen LogP contribution in [-0.4, -0.2) is 50.1 Å². The minimum Gasteiger partial charge on any atom is -0.476 e. The van der Waals surface area contributed by atoms with Gasteiger partial charge < -0.3 is 9.64 Å². The summed E-state index contributed by atoms with van der Waals surface area (Å²) < 4.78 is 7.53. The Morgan fingerprint density at radius 2 is 2.00 bits per heavy atom. The summed E-state index contributed by atoms with van der Waals surface area (Å²) in [5, 5.41) is 4.36. The van der Waals surface area contributed by atoms with Crippen LogP contribution in [0.1, 0.15) is 23.3 Å². The molecule has 0 saturated carbocycles. The third-order valence-corrected chi connectivity index (χ3v) is 4.48. The second-order valence-corrected chi connectivity index (χ2v) is 6.16. The zero-order valence-electron chi connectivity index (χ0n) is 13.8. The summed E-state index contributed by atoms with van der Waals surface area (Å²) in [7, 11) is 0. The second kappa shape index (κ2) is 6.88. The van der Waals surface area contributed by atoms with Crippen LogP contribution >= 0.6 is 0 Å². The van der Waals surface area contributed by atoms with Crippen LogP contribution in [0.3, 0.4) is 0 Å². The van der Waals surface area contributed by atoms with Crippen molar-refractivity contribution in [3.05, 3.63) is 54.6 Å². The molecule has 3 aromatic heterocycles. The van der Waals surface area contributed by atoms with Gasteiger partial charge in [0.2, 0.25) is 5.88 Å². The van der Waals surface area contributed by atoms with Crippen LogP contribution in [0.25, 0.3) is 5.65 Å². The standard InChI is InChI=1S/C18H19N5O2/c24-18(15-3-1-2-8-19-15)22-10-6-14(7-11-22)13-25-17-5-4-16-20-9-12-23(16)21-17/h1-5,8-9,12,14H,6-7,10-11,13H2. The summed E-state index contributed by atoms with van der Waals surface area (Å²) in [6.07, 6.45) is 7.00. The molecule has 1 fully saturated rings. The lowest BCUT2D eigenvalue weighted by Crippen LogP contribution is -2.40. The first-order valence-corrected chi connectivity index (χ1v) is 8.43. The fourth-order valence-corrected chi connectivity index (χ4v) is 3.03. The maximum atomic E-state index is 12.4. The predicted octanol–water partition coefficient (Wildman–Crippen LogP) is 2.06. The molecule has 0 spiro atoms. The van der Waals surface area contributed by atoms with Gasteiger partial charge in [-0.3, -0.25) is 9.78 Å². The van der Waals surface area contributed by atoms with Gasteiger partial charge in [0.25, 0.3) is 5.91 Å². The van der Waals surface area contributed by atoms with Gasteiger partial charge in [-0.05, 0) is 37.0 Å². The summed E-state index contributed by atoms with van der Waals surface area (Å²) in [6, 6.07) is 9.13. The normalized spacial score (nSPS) is 15.4. The van der Waals surface area contributed by atoms with Crippen molar-refractivity contribution in [1.82, 2.24) is 24.5 Å². The van der Waals surface area contributed by atoms with Gasteiger partial charge in [-0.25, -0.2) is 9.50 Å². The van der Waals surface area contributed by atoms with Gasteiger partial charge in [0, 0.05) is 37.7 Å².